The van der Waals surface area contributed by atoms with Crippen LogP contribution in [0.25, 0.3) is 0 Å². The number of hydrogen-bond acceptors (Lipinski definition) is 4. The molecule has 0 saturated carbocycles. The molecule has 3 rings (SSSR count). The molecule has 0 aliphatic heterocycles. The van der Waals surface area contributed by atoms with Gasteiger partial charge in [-0.05, 0) is 37.1 Å². The van der Waals surface area contributed by atoms with Gasteiger partial charge in [-0.3, -0.25) is 4.79 Å². The lowest BCUT2D eigenvalue weighted by atomic mass is 10.1. The summed E-state index contributed by atoms with van der Waals surface area (Å²) in [7, 11) is 0. The second-order valence-electron chi connectivity index (χ2n) is 6.27. The summed E-state index contributed by atoms with van der Waals surface area (Å²) in [6.45, 7) is 4.29. The Morgan fingerprint density at radius 3 is 2.48 bits per heavy atom. The van der Waals surface area contributed by atoms with Crippen molar-refractivity contribution >= 4 is 23.3 Å². The summed E-state index contributed by atoms with van der Waals surface area (Å²) in [5, 5.41) is 6.90. The number of aromatic nitrogens is 2. The number of nitrogens with zero attached hydrogens (tertiary/aromatic N) is 2. The van der Waals surface area contributed by atoms with E-state index < -0.39 is 0 Å². The number of hydrogen-bond donors (Lipinski definition) is 2. The molecule has 0 spiro atoms. The molecule has 2 aromatic carbocycles. The van der Waals surface area contributed by atoms with Crippen LogP contribution in [0.2, 0.25) is 5.02 Å². The van der Waals surface area contributed by atoms with Crippen LogP contribution in [0.5, 0.6) is 0 Å². The number of benzene rings is 2. The van der Waals surface area contributed by atoms with Crippen LogP contribution in [-0.2, 0) is 6.54 Å². The minimum Gasteiger partial charge on any atom is -0.366 e. The molecule has 5 nitrogen and oxygen atoms in total. The summed E-state index contributed by atoms with van der Waals surface area (Å²) < 4.78 is 0. The van der Waals surface area contributed by atoms with Gasteiger partial charge in [0.2, 0.25) is 0 Å². The number of anilines is 1. The zero-order valence-electron chi connectivity index (χ0n) is 15.2. The Morgan fingerprint density at radius 2 is 1.78 bits per heavy atom. The van der Waals surface area contributed by atoms with Gasteiger partial charge in [0.05, 0.1) is 6.04 Å². The van der Waals surface area contributed by atoms with Gasteiger partial charge < -0.3 is 10.6 Å². The standard InChI is InChI=1S/C21H21ClN4O/c1-14(17-6-4-3-5-7-17)24-21(27)19-12-20(26-15(2)25-19)23-13-16-8-10-18(22)11-9-16/h3-12,14H,13H2,1-2H3,(H,24,27)(H,23,25,26). The first-order valence-electron chi connectivity index (χ1n) is 8.71. The molecule has 138 valence electrons. The minimum atomic E-state index is -0.230. The number of rotatable bonds is 6. The molecule has 0 fully saturated rings. The fraction of sp³-hybridized carbons (Fsp3) is 0.190. The maximum Gasteiger partial charge on any atom is 0.270 e. The van der Waals surface area contributed by atoms with Gasteiger partial charge >= 0.3 is 0 Å². The van der Waals surface area contributed by atoms with Crippen LogP contribution < -0.4 is 10.6 Å². The molecule has 1 unspecified atom stereocenters. The highest BCUT2D eigenvalue weighted by molar-refractivity contribution is 6.30. The molecule has 0 aliphatic rings. The first-order chi connectivity index (χ1) is 13.0. The van der Waals surface area contributed by atoms with Crippen LogP contribution in [-0.4, -0.2) is 15.9 Å². The van der Waals surface area contributed by atoms with Crippen LogP contribution >= 0.6 is 11.6 Å². The molecule has 1 heterocycles. The second-order valence-corrected chi connectivity index (χ2v) is 6.71. The van der Waals surface area contributed by atoms with Crippen molar-refractivity contribution in [3.05, 3.63) is 88.3 Å². The van der Waals surface area contributed by atoms with E-state index >= 15 is 0 Å². The average molecular weight is 381 g/mol. The third-order valence-corrected chi connectivity index (χ3v) is 4.36. The van der Waals surface area contributed by atoms with E-state index in [1.807, 2.05) is 61.5 Å². The highest BCUT2D eigenvalue weighted by atomic mass is 35.5. The predicted octanol–water partition coefficient (Wildman–Crippen LogP) is 4.54. The third kappa shape index (κ3) is 5.28. The van der Waals surface area contributed by atoms with Crippen molar-refractivity contribution in [2.75, 3.05) is 5.32 Å². The number of nitrogens with one attached hydrogen (secondary N) is 2. The summed E-state index contributed by atoms with van der Waals surface area (Å²) in [6, 6.07) is 18.9. The summed E-state index contributed by atoms with van der Waals surface area (Å²) >= 11 is 5.91. The van der Waals surface area contributed by atoms with E-state index in [0.717, 1.165) is 11.1 Å². The van der Waals surface area contributed by atoms with E-state index in [4.69, 9.17) is 11.6 Å². The third-order valence-electron chi connectivity index (χ3n) is 4.10. The molecule has 1 atom stereocenters. The van der Waals surface area contributed by atoms with Gasteiger partial charge in [0.1, 0.15) is 17.3 Å². The van der Waals surface area contributed by atoms with Crippen LogP contribution in [0.4, 0.5) is 5.82 Å². The van der Waals surface area contributed by atoms with E-state index in [9.17, 15) is 4.79 Å². The van der Waals surface area contributed by atoms with E-state index in [1.165, 1.54) is 0 Å². The lowest BCUT2D eigenvalue weighted by Crippen LogP contribution is -2.27. The summed E-state index contributed by atoms with van der Waals surface area (Å²) in [5.74, 6) is 0.912. The van der Waals surface area contributed by atoms with E-state index in [0.29, 0.717) is 28.9 Å². The maximum atomic E-state index is 12.6. The van der Waals surface area contributed by atoms with Gasteiger partial charge in [0.25, 0.3) is 5.91 Å². The Bertz CT molecular complexity index is 913. The van der Waals surface area contributed by atoms with E-state index in [1.54, 1.807) is 13.0 Å². The summed E-state index contributed by atoms with van der Waals surface area (Å²) in [6.07, 6.45) is 0. The smallest absolute Gasteiger partial charge is 0.270 e. The minimum absolute atomic E-state index is 0.112. The quantitative estimate of drug-likeness (QED) is 0.658. The van der Waals surface area contributed by atoms with Gasteiger partial charge in [-0.15, -0.1) is 0 Å². The molecule has 1 amide bonds. The van der Waals surface area contributed by atoms with Gasteiger partial charge in [0.15, 0.2) is 0 Å². The van der Waals surface area contributed by atoms with Crippen molar-refractivity contribution in [2.45, 2.75) is 26.4 Å². The highest BCUT2D eigenvalue weighted by Gasteiger charge is 2.14. The van der Waals surface area contributed by atoms with Gasteiger partial charge in [-0.25, -0.2) is 9.97 Å². The van der Waals surface area contributed by atoms with Crippen molar-refractivity contribution in [2.24, 2.45) is 0 Å². The highest BCUT2D eigenvalue weighted by Crippen LogP contribution is 2.15. The van der Waals surface area contributed by atoms with Gasteiger partial charge in [-0.1, -0.05) is 54.1 Å². The molecule has 6 heteroatoms. The fourth-order valence-corrected chi connectivity index (χ4v) is 2.79. The second kappa shape index (κ2) is 8.64. The number of halogens is 1. The normalized spacial score (nSPS) is 11.7. The Hall–Kier alpha value is -2.92. The number of carbonyl (C=O) groups is 1. The Kier molecular flexibility index (Phi) is 6.04. The lowest BCUT2D eigenvalue weighted by Gasteiger charge is -2.14. The summed E-state index contributed by atoms with van der Waals surface area (Å²) in [4.78, 5) is 21.2. The van der Waals surface area contributed by atoms with Crippen molar-refractivity contribution in [3.63, 3.8) is 0 Å². The lowest BCUT2D eigenvalue weighted by molar-refractivity contribution is 0.0934. The van der Waals surface area contributed by atoms with Crippen molar-refractivity contribution < 1.29 is 4.79 Å². The Morgan fingerprint density at radius 1 is 1.07 bits per heavy atom. The number of aryl methyl sites for hydroxylation is 1. The molecule has 0 radical (unpaired) electrons. The molecule has 1 aromatic heterocycles. The van der Waals surface area contributed by atoms with Crippen molar-refractivity contribution in [1.29, 1.82) is 0 Å². The van der Waals surface area contributed by atoms with Crippen LogP contribution in [0, 0.1) is 6.92 Å². The predicted molar refractivity (Wildman–Crippen MR) is 108 cm³/mol. The molecule has 2 N–H and O–H groups in total. The largest absolute Gasteiger partial charge is 0.366 e. The van der Waals surface area contributed by atoms with Crippen LogP contribution in [0.1, 0.15) is 40.4 Å². The zero-order valence-corrected chi connectivity index (χ0v) is 16.0. The van der Waals surface area contributed by atoms with Crippen LogP contribution in [0.3, 0.4) is 0 Å². The maximum absolute atomic E-state index is 12.6. The molecule has 0 aliphatic carbocycles. The Labute approximate surface area is 163 Å². The van der Waals surface area contributed by atoms with Gasteiger partial charge in [0, 0.05) is 17.6 Å². The molecule has 27 heavy (non-hydrogen) atoms. The fourth-order valence-electron chi connectivity index (χ4n) is 2.67. The monoisotopic (exact) mass is 380 g/mol. The first kappa shape index (κ1) is 18.9. The average Bonchev–Trinajstić information content (AvgIpc) is 2.68. The molecular weight excluding hydrogens is 360 g/mol. The number of amides is 1. The zero-order chi connectivity index (χ0) is 19.2. The van der Waals surface area contributed by atoms with Crippen molar-refractivity contribution in [3.8, 4) is 0 Å². The molecule has 0 saturated heterocycles. The number of carbonyl (C=O) groups excluding carboxylic acids is 1. The molecule has 3 aromatic rings. The van der Waals surface area contributed by atoms with E-state index in [-0.39, 0.29) is 11.9 Å². The van der Waals surface area contributed by atoms with Crippen molar-refractivity contribution in [1.82, 2.24) is 15.3 Å². The topological polar surface area (TPSA) is 66.9 Å². The van der Waals surface area contributed by atoms with Crippen LogP contribution in [0.15, 0.2) is 60.7 Å². The molecular formula is C21H21ClN4O. The Balaban J connectivity index is 1.68. The summed E-state index contributed by atoms with van der Waals surface area (Å²) in [5.41, 5.74) is 2.45. The first-order valence-corrected chi connectivity index (χ1v) is 9.09. The van der Waals surface area contributed by atoms with Gasteiger partial charge in [-0.2, -0.15) is 0 Å². The molecule has 0 bridgehead atoms. The van der Waals surface area contributed by atoms with E-state index in [2.05, 4.69) is 20.6 Å². The SMILES string of the molecule is Cc1nc(NCc2ccc(Cl)cc2)cc(C(=O)NC(C)c2ccccc2)n1.